The van der Waals surface area contributed by atoms with E-state index in [4.69, 9.17) is 0 Å². The Morgan fingerprint density at radius 3 is 1.46 bits per heavy atom. The first-order valence-electron chi connectivity index (χ1n) is 19.5. The van der Waals surface area contributed by atoms with Crippen LogP contribution in [-0.4, -0.2) is 75.5 Å². The number of fused-ring (bicyclic) bond motifs is 6. The number of aryl methyl sites for hydroxylation is 6. The number of pyridine rings is 2. The second-order valence-electron chi connectivity index (χ2n) is 16.1. The second kappa shape index (κ2) is 16.2. The van der Waals surface area contributed by atoms with Crippen molar-refractivity contribution in [3.05, 3.63) is 119 Å². The van der Waals surface area contributed by atoms with Crippen molar-refractivity contribution in [2.45, 2.75) is 98.3 Å². The van der Waals surface area contributed by atoms with Crippen LogP contribution in [0.1, 0.15) is 93.5 Å². The van der Waals surface area contributed by atoms with E-state index in [9.17, 15) is 14.7 Å². The molecule has 6 heterocycles. The van der Waals surface area contributed by atoms with Gasteiger partial charge >= 0.3 is 5.97 Å². The fourth-order valence-electron chi connectivity index (χ4n) is 7.31. The zero-order valence-electron chi connectivity index (χ0n) is 34.8. The van der Waals surface area contributed by atoms with Gasteiger partial charge in [-0.15, -0.1) is 20.4 Å². The van der Waals surface area contributed by atoms with Gasteiger partial charge in [0.05, 0.1) is 22.2 Å². The molecule has 0 saturated carbocycles. The number of hydrogen-bond acceptors (Lipinski definition) is 8. The van der Waals surface area contributed by atoms with E-state index in [0.717, 1.165) is 88.2 Å². The Morgan fingerprint density at radius 1 is 0.632 bits per heavy atom. The van der Waals surface area contributed by atoms with Gasteiger partial charge in [0.2, 0.25) is 5.91 Å². The summed E-state index contributed by atoms with van der Waals surface area (Å²) in [5, 5.41) is 26.4. The van der Waals surface area contributed by atoms with Crippen LogP contribution in [0.5, 0.6) is 0 Å². The van der Waals surface area contributed by atoms with Crippen LogP contribution in [0, 0.1) is 13.8 Å². The van der Waals surface area contributed by atoms with Gasteiger partial charge in [-0.3, -0.25) is 28.7 Å². The molecule has 1 N–H and O–H groups in total. The number of hydrogen-bond donors (Lipinski definition) is 1. The maximum absolute atomic E-state index is 12.6. The number of carboxylic acids is 1. The highest BCUT2D eigenvalue weighted by molar-refractivity contribution is 5.87. The van der Waals surface area contributed by atoms with Crippen molar-refractivity contribution in [3.8, 4) is 33.6 Å². The fraction of sp³-hybridized carbons (Fsp3) is 0.378. The second-order valence-corrected chi connectivity index (χ2v) is 16.1. The monoisotopic (exact) mass is 767 g/mol. The molecule has 12 nitrogen and oxygen atoms in total. The lowest BCUT2D eigenvalue weighted by Gasteiger charge is -2.27. The molecule has 12 heteroatoms. The molecule has 0 aliphatic carbocycles. The molecule has 0 fully saturated rings. The molecule has 2 aromatic carbocycles. The van der Waals surface area contributed by atoms with Crippen LogP contribution in [0.25, 0.3) is 33.6 Å². The van der Waals surface area contributed by atoms with E-state index >= 15 is 0 Å². The number of carbonyl (C=O) groups is 2. The normalized spacial score (nSPS) is 12.7. The van der Waals surface area contributed by atoms with Crippen LogP contribution < -0.4 is 0 Å². The molecule has 4 aromatic heterocycles. The summed E-state index contributed by atoms with van der Waals surface area (Å²) >= 11 is 0. The van der Waals surface area contributed by atoms with Gasteiger partial charge in [0.1, 0.15) is 23.3 Å². The number of amides is 1. The van der Waals surface area contributed by atoms with Gasteiger partial charge in [-0.1, -0.05) is 32.4 Å². The summed E-state index contributed by atoms with van der Waals surface area (Å²) in [4.78, 5) is 34.5. The molecule has 2 aliphatic heterocycles. The van der Waals surface area contributed by atoms with Crippen molar-refractivity contribution in [1.82, 2.24) is 44.4 Å². The van der Waals surface area contributed by atoms with E-state index < -0.39 is 16.8 Å². The highest BCUT2D eigenvalue weighted by Crippen LogP contribution is 2.34. The number of carboxylic acid groups (broad SMARTS) is 1. The minimum Gasteiger partial charge on any atom is -0.481 e. The summed E-state index contributed by atoms with van der Waals surface area (Å²) in [6, 6.07) is 16.7. The van der Waals surface area contributed by atoms with Crippen molar-refractivity contribution >= 4 is 11.9 Å². The zero-order chi connectivity index (χ0) is 41.2. The van der Waals surface area contributed by atoms with E-state index in [1.807, 2.05) is 46.0 Å². The number of aliphatic carboxylic acids is 1. The van der Waals surface area contributed by atoms with E-state index in [-0.39, 0.29) is 5.91 Å². The van der Waals surface area contributed by atoms with E-state index in [1.54, 1.807) is 51.4 Å². The van der Waals surface area contributed by atoms with Crippen LogP contribution in [0.3, 0.4) is 0 Å². The third-order valence-electron chi connectivity index (χ3n) is 10.7. The van der Waals surface area contributed by atoms with Crippen LogP contribution in [-0.2, 0) is 46.1 Å². The van der Waals surface area contributed by atoms with Gasteiger partial charge in [0.15, 0.2) is 0 Å². The minimum atomic E-state index is -0.980. The molecule has 0 saturated heterocycles. The molecule has 0 radical (unpaired) electrons. The SMILES string of the molecule is CCC.Cc1nnc2n1-c1ccc(-c3cncc(C(C)(C)C(=O)N(C)C)c3)cc1CC2.Cc1nnc2n1-c1ccc(-c3cncc(C(C)(C)C(=O)O)c3)cc1CC2. The zero-order valence-corrected chi connectivity index (χ0v) is 34.8. The lowest BCUT2D eigenvalue weighted by molar-refractivity contribution is -0.142. The molecule has 8 rings (SSSR count). The summed E-state index contributed by atoms with van der Waals surface area (Å²) in [5.74, 6) is 3.02. The Balaban J connectivity index is 0.000000181. The first-order valence-corrected chi connectivity index (χ1v) is 19.5. The lowest BCUT2D eigenvalue weighted by atomic mass is 9.83. The number of rotatable bonds is 6. The number of likely N-dealkylation sites (N-methyl/N-ethyl adjacent to an activating group) is 1. The van der Waals surface area contributed by atoms with Crippen molar-refractivity contribution in [2.75, 3.05) is 14.1 Å². The first kappa shape index (κ1) is 40.6. The summed E-state index contributed by atoms with van der Waals surface area (Å²) in [6.07, 6.45) is 11.9. The predicted octanol–water partition coefficient (Wildman–Crippen LogP) is 7.62. The van der Waals surface area contributed by atoms with Gasteiger partial charge in [-0.05, 0) is 124 Å². The minimum absolute atomic E-state index is 0.0625. The average Bonchev–Trinajstić information content (AvgIpc) is 3.79. The molecular formula is C45H53N9O3. The Bertz CT molecular complexity index is 2440. The van der Waals surface area contributed by atoms with E-state index in [2.05, 4.69) is 89.7 Å². The molecule has 296 valence electrons. The van der Waals surface area contributed by atoms with Crippen LogP contribution >= 0.6 is 0 Å². The number of aromatic nitrogens is 8. The largest absolute Gasteiger partial charge is 0.481 e. The molecule has 6 aromatic rings. The summed E-state index contributed by atoms with van der Waals surface area (Å²) in [5.41, 5.74) is 8.87. The van der Waals surface area contributed by atoms with Crippen LogP contribution in [0.2, 0.25) is 0 Å². The van der Waals surface area contributed by atoms with Crippen LogP contribution in [0.15, 0.2) is 73.3 Å². The molecule has 1 amide bonds. The topological polar surface area (TPSA) is 145 Å². The van der Waals surface area contributed by atoms with Gasteiger partial charge < -0.3 is 10.0 Å². The Hall–Kier alpha value is -6.04. The standard InChI is InChI=1S/C22H25N5O.C20H20N4O2.C3H8/c1-14-24-25-20-9-7-16-10-15(6-8-19(16)27(14)20)17-11-18(13-23-12-17)22(2,3)21(28)26(4)5;1-12-22-23-18-7-5-14-8-13(4-6-17(14)24(12)18)15-9-16(11-21-10-15)20(2,3)19(25)26;1-3-2/h6,8,10-13H,7,9H2,1-5H3;4,6,8-11H,5,7H2,1-3H3,(H,25,26);3H2,1-2H3. The maximum Gasteiger partial charge on any atom is 0.313 e. The summed E-state index contributed by atoms with van der Waals surface area (Å²) in [6.45, 7) is 15.5. The quantitative estimate of drug-likeness (QED) is 0.181. The Kier molecular flexibility index (Phi) is 11.5. The van der Waals surface area contributed by atoms with Crippen molar-refractivity contribution in [2.24, 2.45) is 0 Å². The van der Waals surface area contributed by atoms with E-state index in [1.165, 1.54) is 17.5 Å². The molecule has 0 spiro atoms. The average molecular weight is 768 g/mol. The molecule has 2 aliphatic rings. The summed E-state index contributed by atoms with van der Waals surface area (Å²) < 4.78 is 4.24. The first-order chi connectivity index (χ1) is 27.1. The van der Waals surface area contributed by atoms with Crippen molar-refractivity contribution < 1.29 is 14.7 Å². The predicted molar refractivity (Wildman–Crippen MR) is 222 cm³/mol. The van der Waals surface area contributed by atoms with Crippen LogP contribution in [0.4, 0.5) is 0 Å². The highest BCUT2D eigenvalue weighted by Gasteiger charge is 2.32. The Morgan fingerprint density at radius 2 is 1.05 bits per heavy atom. The van der Waals surface area contributed by atoms with E-state index in [0.29, 0.717) is 5.56 Å². The summed E-state index contributed by atoms with van der Waals surface area (Å²) in [7, 11) is 3.57. The smallest absolute Gasteiger partial charge is 0.313 e. The van der Waals surface area contributed by atoms with Gasteiger partial charge in [-0.25, -0.2) is 0 Å². The van der Waals surface area contributed by atoms with Gasteiger partial charge in [-0.2, -0.15) is 0 Å². The van der Waals surface area contributed by atoms with Gasteiger partial charge in [0, 0.05) is 62.9 Å². The third kappa shape index (κ3) is 7.99. The van der Waals surface area contributed by atoms with Crippen molar-refractivity contribution in [1.29, 1.82) is 0 Å². The molecule has 0 atom stereocenters. The number of carbonyl (C=O) groups excluding carboxylic acids is 1. The Labute approximate surface area is 335 Å². The third-order valence-corrected chi connectivity index (χ3v) is 10.7. The molecule has 0 bridgehead atoms. The number of benzene rings is 2. The molecule has 0 unspecified atom stereocenters. The van der Waals surface area contributed by atoms with Crippen molar-refractivity contribution in [3.63, 3.8) is 0 Å². The van der Waals surface area contributed by atoms with Gasteiger partial charge in [0.25, 0.3) is 0 Å². The lowest BCUT2D eigenvalue weighted by Crippen LogP contribution is -2.39. The highest BCUT2D eigenvalue weighted by atomic mass is 16.4. The maximum atomic E-state index is 12.6. The fourth-order valence-corrected chi connectivity index (χ4v) is 7.31. The molecular weight excluding hydrogens is 715 g/mol. The number of nitrogens with zero attached hydrogens (tertiary/aromatic N) is 9. The molecule has 57 heavy (non-hydrogen) atoms.